The van der Waals surface area contributed by atoms with Gasteiger partial charge in [0.15, 0.2) is 0 Å². The summed E-state index contributed by atoms with van der Waals surface area (Å²) in [5.41, 5.74) is 1.35. The summed E-state index contributed by atoms with van der Waals surface area (Å²) in [6, 6.07) is 7.95. The van der Waals surface area contributed by atoms with Gasteiger partial charge < -0.3 is 14.4 Å². The van der Waals surface area contributed by atoms with Gasteiger partial charge in [0.1, 0.15) is 11.5 Å². The third kappa shape index (κ3) is 2.89. The lowest BCUT2D eigenvalue weighted by molar-refractivity contribution is -0.152. The fourth-order valence-electron chi connectivity index (χ4n) is 4.67. The summed E-state index contributed by atoms with van der Waals surface area (Å²) in [4.78, 5) is 27.9. The molecule has 2 bridgehead atoms. The normalized spacial score (nSPS) is 30.8. The van der Waals surface area contributed by atoms with Gasteiger partial charge in [-0.2, -0.15) is 0 Å². The van der Waals surface area contributed by atoms with Crippen molar-refractivity contribution in [1.29, 1.82) is 0 Å². The molecule has 5 heteroatoms. The van der Waals surface area contributed by atoms with E-state index in [1.54, 1.807) is 4.90 Å². The molecule has 1 aromatic carbocycles. The van der Waals surface area contributed by atoms with Crippen LogP contribution in [0.4, 0.5) is 5.69 Å². The Morgan fingerprint density at radius 2 is 2.11 bits per heavy atom. The van der Waals surface area contributed by atoms with Gasteiger partial charge in [0.05, 0.1) is 25.2 Å². The van der Waals surface area contributed by atoms with Crippen molar-refractivity contribution in [2.24, 2.45) is 11.8 Å². The standard InChI is InChI=1S/C22H27NO4/c1-3-5-8-13-26-21(25)18-17-11-12-22(27-17)14-23(20(24)19(18)22)16-10-7-6-9-15(16)4-2/h6-7,9-12,17-19H,3-5,8,13-14H2,1-2H3/t17-,18+,19+,22-/m1/s1. The number of esters is 1. The van der Waals surface area contributed by atoms with Crippen molar-refractivity contribution >= 4 is 17.6 Å². The summed E-state index contributed by atoms with van der Waals surface area (Å²) >= 11 is 0. The van der Waals surface area contributed by atoms with Gasteiger partial charge in [-0.15, -0.1) is 0 Å². The Bertz CT molecular complexity index is 773. The fourth-order valence-corrected chi connectivity index (χ4v) is 4.67. The molecule has 1 amide bonds. The summed E-state index contributed by atoms with van der Waals surface area (Å²) in [5, 5.41) is 0. The maximum Gasteiger partial charge on any atom is 0.312 e. The minimum Gasteiger partial charge on any atom is -0.465 e. The Morgan fingerprint density at radius 3 is 2.89 bits per heavy atom. The van der Waals surface area contributed by atoms with E-state index in [0.717, 1.165) is 36.9 Å². The van der Waals surface area contributed by atoms with Crippen LogP contribution in [0.15, 0.2) is 36.4 Å². The number of anilines is 1. The van der Waals surface area contributed by atoms with Gasteiger partial charge in [-0.25, -0.2) is 0 Å². The molecule has 2 saturated heterocycles. The van der Waals surface area contributed by atoms with E-state index < -0.39 is 17.4 Å². The van der Waals surface area contributed by atoms with Crippen LogP contribution in [-0.2, 0) is 25.5 Å². The minimum absolute atomic E-state index is 0.0294. The molecule has 4 atom stereocenters. The van der Waals surface area contributed by atoms with Gasteiger partial charge in [0.2, 0.25) is 5.91 Å². The maximum atomic E-state index is 13.3. The van der Waals surface area contributed by atoms with Crippen molar-refractivity contribution < 1.29 is 19.1 Å². The van der Waals surface area contributed by atoms with Gasteiger partial charge in [-0.3, -0.25) is 9.59 Å². The number of ether oxygens (including phenoxy) is 2. The molecule has 0 unspecified atom stereocenters. The third-order valence-electron chi connectivity index (χ3n) is 6.03. The topological polar surface area (TPSA) is 55.8 Å². The molecule has 0 aliphatic carbocycles. The molecule has 0 aromatic heterocycles. The molecule has 2 fully saturated rings. The van der Waals surface area contributed by atoms with Crippen LogP contribution in [-0.4, -0.2) is 36.7 Å². The molecule has 1 aromatic rings. The molecular weight excluding hydrogens is 342 g/mol. The molecule has 0 N–H and O–H groups in total. The molecule has 1 spiro atoms. The zero-order valence-electron chi connectivity index (χ0n) is 16.0. The van der Waals surface area contributed by atoms with Crippen LogP contribution in [0.25, 0.3) is 0 Å². The SMILES string of the molecule is CCCCCOC(=O)[C@@H]1[C@H]2C(=O)N(c3ccccc3CC)C[C@]23C=C[C@H]1O3. The van der Waals surface area contributed by atoms with E-state index in [0.29, 0.717) is 13.2 Å². The Labute approximate surface area is 160 Å². The lowest BCUT2D eigenvalue weighted by Crippen LogP contribution is -2.40. The number of amides is 1. The number of benzene rings is 1. The first-order valence-electron chi connectivity index (χ1n) is 10.0. The van der Waals surface area contributed by atoms with E-state index in [1.165, 1.54) is 0 Å². The number of hydrogen-bond donors (Lipinski definition) is 0. The van der Waals surface area contributed by atoms with Crippen LogP contribution >= 0.6 is 0 Å². The summed E-state index contributed by atoms with van der Waals surface area (Å²) < 4.78 is 11.7. The lowest BCUT2D eigenvalue weighted by Gasteiger charge is -2.23. The lowest BCUT2D eigenvalue weighted by atomic mass is 9.77. The fraction of sp³-hybridized carbons (Fsp3) is 0.545. The summed E-state index contributed by atoms with van der Waals surface area (Å²) in [7, 11) is 0. The highest BCUT2D eigenvalue weighted by Crippen LogP contribution is 2.53. The number of fused-ring (bicyclic) bond motifs is 1. The number of para-hydroxylation sites is 1. The van der Waals surface area contributed by atoms with Gasteiger partial charge in [-0.05, 0) is 24.5 Å². The second-order valence-corrected chi connectivity index (χ2v) is 7.68. The second-order valence-electron chi connectivity index (χ2n) is 7.68. The van der Waals surface area contributed by atoms with Gasteiger partial charge in [0.25, 0.3) is 0 Å². The molecule has 27 heavy (non-hydrogen) atoms. The van der Waals surface area contributed by atoms with E-state index in [4.69, 9.17) is 9.47 Å². The molecule has 0 saturated carbocycles. The van der Waals surface area contributed by atoms with Gasteiger partial charge in [-0.1, -0.05) is 57.0 Å². The highest BCUT2D eigenvalue weighted by molar-refractivity contribution is 6.03. The molecule has 5 nitrogen and oxygen atoms in total. The monoisotopic (exact) mass is 369 g/mol. The van der Waals surface area contributed by atoms with Crippen molar-refractivity contribution in [3.63, 3.8) is 0 Å². The predicted octanol–water partition coefficient (Wildman–Crippen LogP) is 3.27. The third-order valence-corrected chi connectivity index (χ3v) is 6.03. The molecule has 3 aliphatic heterocycles. The maximum absolute atomic E-state index is 13.3. The van der Waals surface area contributed by atoms with Crippen molar-refractivity contribution in [2.45, 2.75) is 51.2 Å². The largest absolute Gasteiger partial charge is 0.465 e. The van der Waals surface area contributed by atoms with Crippen LogP contribution in [0.2, 0.25) is 0 Å². The van der Waals surface area contributed by atoms with Crippen LogP contribution in [0.3, 0.4) is 0 Å². The minimum atomic E-state index is -0.699. The quantitative estimate of drug-likeness (QED) is 0.420. The molecule has 0 radical (unpaired) electrons. The summed E-state index contributed by atoms with van der Waals surface area (Å²) in [6.45, 7) is 5.06. The van der Waals surface area contributed by atoms with Crippen molar-refractivity contribution in [2.75, 3.05) is 18.1 Å². The summed E-state index contributed by atoms with van der Waals surface area (Å²) in [6.07, 6.45) is 7.38. The number of hydrogen-bond acceptors (Lipinski definition) is 4. The molecule has 144 valence electrons. The number of carbonyl (C=O) groups excluding carboxylic acids is 2. The number of carbonyl (C=O) groups is 2. The van der Waals surface area contributed by atoms with Crippen molar-refractivity contribution in [3.05, 3.63) is 42.0 Å². The van der Waals surface area contributed by atoms with Crippen LogP contribution in [0, 0.1) is 11.8 Å². The zero-order valence-corrected chi connectivity index (χ0v) is 16.0. The second kappa shape index (κ2) is 7.12. The number of aryl methyl sites for hydroxylation is 1. The Kier molecular flexibility index (Phi) is 4.81. The van der Waals surface area contributed by atoms with E-state index in [2.05, 4.69) is 13.8 Å². The molecule has 4 rings (SSSR count). The van der Waals surface area contributed by atoms with Gasteiger partial charge in [0, 0.05) is 5.69 Å². The van der Waals surface area contributed by atoms with E-state index in [1.807, 2.05) is 36.4 Å². The Morgan fingerprint density at radius 1 is 1.30 bits per heavy atom. The summed E-state index contributed by atoms with van der Waals surface area (Å²) in [5.74, 6) is -1.36. The molecular formula is C22H27NO4. The van der Waals surface area contributed by atoms with Gasteiger partial charge >= 0.3 is 5.97 Å². The van der Waals surface area contributed by atoms with E-state index in [9.17, 15) is 9.59 Å². The highest BCUT2D eigenvalue weighted by Gasteiger charge is 2.67. The molecule has 3 heterocycles. The first-order chi connectivity index (χ1) is 13.1. The van der Waals surface area contributed by atoms with E-state index in [-0.39, 0.29) is 18.0 Å². The first-order valence-corrected chi connectivity index (χ1v) is 10.0. The van der Waals surface area contributed by atoms with E-state index >= 15 is 0 Å². The Hall–Kier alpha value is -2.14. The smallest absolute Gasteiger partial charge is 0.312 e. The van der Waals surface area contributed by atoms with Crippen molar-refractivity contribution in [3.8, 4) is 0 Å². The number of rotatable bonds is 7. The first kappa shape index (κ1) is 18.2. The van der Waals surface area contributed by atoms with Crippen molar-refractivity contribution in [1.82, 2.24) is 0 Å². The number of unbranched alkanes of at least 4 members (excludes halogenated alkanes) is 2. The van der Waals surface area contributed by atoms with Crippen LogP contribution < -0.4 is 4.90 Å². The average molecular weight is 369 g/mol. The van der Waals surface area contributed by atoms with Crippen LogP contribution in [0.5, 0.6) is 0 Å². The number of nitrogens with zero attached hydrogens (tertiary/aromatic N) is 1. The zero-order chi connectivity index (χ0) is 19.0. The molecule has 3 aliphatic rings. The Balaban J connectivity index is 1.57. The van der Waals surface area contributed by atoms with Crippen LogP contribution in [0.1, 0.15) is 38.7 Å². The highest BCUT2D eigenvalue weighted by atomic mass is 16.6. The average Bonchev–Trinajstić information content (AvgIpc) is 3.33. The predicted molar refractivity (Wildman–Crippen MR) is 102 cm³/mol.